The molecule has 0 amide bonds. The van der Waals surface area contributed by atoms with Gasteiger partial charge in [0, 0.05) is 10.0 Å². The first-order valence-electron chi connectivity index (χ1n) is 5.88. The van der Waals surface area contributed by atoms with E-state index in [0.717, 1.165) is 5.56 Å². The van der Waals surface area contributed by atoms with Crippen LogP contribution in [-0.2, 0) is 0 Å². The van der Waals surface area contributed by atoms with Crippen LogP contribution in [0.5, 0.6) is 5.75 Å². The SMILES string of the molecule is COc1cc(C)c(Br)cc1C(=O)c1cc(F)c(F)c(F)c1. The molecule has 110 valence electrons. The van der Waals surface area contributed by atoms with Crippen molar-refractivity contribution in [3.05, 3.63) is 62.9 Å². The van der Waals surface area contributed by atoms with Gasteiger partial charge in [-0.25, -0.2) is 13.2 Å². The minimum absolute atomic E-state index is 0.125. The lowest BCUT2D eigenvalue weighted by Crippen LogP contribution is -2.07. The summed E-state index contributed by atoms with van der Waals surface area (Å²) in [5.41, 5.74) is 0.667. The zero-order valence-electron chi connectivity index (χ0n) is 11.1. The summed E-state index contributed by atoms with van der Waals surface area (Å²) < 4.78 is 45.2. The minimum atomic E-state index is -1.61. The number of hydrogen-bond acceptors (Lipinski definition) is 2. The van der Waals surface area contributed by atoms with Crippen molar-refractivity contribution in [3.63, 3.8) is 0 Å². The summed E-state index contributed by atoms with van der Waals surface area (Å²) in [6.07, 6.45) is 0. The first-order valence-corrected chi connectivity index (χ1v) is 6.67. The van der Waals surface area contributed by atoms with Crippen molar-refractivity contribution in [1.82, 2.24) is 0 Å². The number of rotatable bonds is 3. The highest BCUT2D eigenvalue weighted by molar-refractivity contribution is 9.10. The van der Waals surface area contributed by atoms with Gasteiger partial charge in [0.15, 0.2) is 23.2 Å². The van der Waals surface area contributed by atoms with E-state index in [-0.39, 0.29) is 16.9 Å². The van der Waals surface area contributed by atoms with E-state index in [1.165, 1.54) is 13.2 Å². The second kappa shape index (κ2) is 5.89. The molecule has 2 aromatic rings. The highest BCUT2D eigenvalue weighted by Crippen LogP contribution is 2.29. The topological polar surface area (TPSA) is 26.3 Å². The summed E-state index contributed by atoms with van der Waals surface area (Å²) in [4.78, 5) is 12.3. The number of methoxy groups -OCH3 is 1. The molecule has 0 spiro atoms. The van der Waals surface area contributed by atoms with E-state index >= 15 is 0 Å². The average Bonchev–Trinajstić information content (AvgIpc) is 2.45. The van der Waals surface area contributed by atoms with E-state index < -0.39 is 23.2 Å². The van der Waals surface area contributed by atoms with E-state index in [0.29, 0.717) is 16.6 Å². The number of benzene rings is 2. The molecule has 0 aliphatic rings. The Morgan fingerprint density at radius 1 is 1.10 bits per heavy atom. The third-order valence-electron chi connectivity index (χ3n) is 2.97. The van der Waals surface area contributed by atoms with Crippen LogP contribution >= 0.6 is 15.9 Å². The molecule has 0 unspecified atom stereocenters. The predicted molar refractivity (Wildman–Crippen MR) is 75.2 cm³/mol. The molecule has 2 nitrogen and oxygen atoms in total. The maximum absolute atomic E-state index is 13.2. The Hall–Kier alpha value is -1.82. The van der Waals surface area contributed by atoms with Crippen molar-refractivity contribution >= 4 is 21.7 Å². The summed E-state index contributed by atoms with van der Waals surface area (Å²) in [5, 5.41) is 0. The first kappa shape index (κ1) is 15.6. The Kier molecular flexibility index (Phi) is 4.37. The van der Waals surface area contributed by atoms with Gasteiger partial charge in [0.1, 0.15) is 5.75 Å². The predicted octanol–water partition coefficient (Wildman–Crippen LogP) is 4.41. The standard InChI is InChI=1S/C15H10BrF3O2/c1-7-3-13(21-2)9(6-10(7)16)15(20)8-4-11(17)14(19)12(18)5-8/h3-6H,1-2H3. The second-order valence-corrected chi connectivity index (χ2v) is 5.24. The molecule has 2 rings (SSSR count). The number of hydrogen-bond donors (Lipinski definition) is 0. The summed E-state index contributed by atoms with van der Waals surface area (Å²) >= 11 is 3.27. The highest BCUT2D eigenvalue weighted by Gasteiger charge is 2.20. The number of halogens is 4. The molecule has 0 heterocycles. The van der Waals surface area contributed by atoms with Crippen LogP contribution in [0.15, 0.2) is 28.7 Å². The van der Waals surface area contributed by atoms with Crippen molar-refractivity contribution in [2.45, 2.75) is 6.92 Å². The molecule has 0 saturated heterocycles. The number of ketones is 1. The van der Waals surface area contributed by atoms with Crippen LogP contribution in [-0.4, -0.2) is 12.9 Å². The van der Waals surface area contributed by atoms with Gasteiger partial charge in [0.2, 0.25) is 0 Å². The molecule has 0 fully saturated rings. The molecule has 0 aliphatic heterocycles. The highest BCUT2D eigenvalue weighted by atomic mass is 79.9. The third kappa shape index (κ3) is 2.95. The largest absolute Gasteiger partial charge is 0.496 e. The van der Waals surface area contributed by atoms with Gasteiger partial charge < -0.3 is 4.74 Å². The van der Waals surface area contributed by atoms with E-state index in [9.17, 15) is 18.0 Å². The van der Waals surface area contributed by atoms with Gasteiger partial charge in [-0.05, 0) is 36.8 Å². The van der Waals surface area contributed by atoms with Crippen LogP contribution in [0, 0.1) is 24.4 Å². The Balaban J connectivity index is 2.57. The molecule has 21 heavy (non-hydrogen) atoms. The Morgan fingerprint density at radius 2 is 1.67 bits per heavy atom. The maximum Gasteiger partial charge on any atom is 0.197 e. The molecule has 0 bridgehead atoms. The van der Waals surface area contributed by atoms with Gasteiger partial charge in [-0.1, -0.05) is 15.9 Å². The van der Waals surface area contributed by atoms with E-state index in [1.807, 2.05) is 0 Å². The van der Waals surface area contributed by atoms with Crippen LogP contribution in [0.3, 0.4) is 0 Å². The van der Waals surface area contributed by atoms with Gasteiger partial charge >= 0.3 is 0 Å². The molecular formula is C15H10BrF3O2. The maximum atomic E-state index is 13.2. The van der Waals surface area contributed by atoms with Crippen LogP contribution in [0.2, 0.25) is 0 Å². The quantitative estimate of drug-likeness (QED) is 0.599. The lowest BCUT2D eigenvalue weighted by atomic mass is 10.0. The van der Waals surface area contributed by atoms with Gasteiger partial charge in [0.25, 0.3) is 0 Å². The van der Waals surface area contributed by atoms with Gasteiger partial charge in [-0.15, -0.1) is 0 Å². The molecule has 0 N–H and O–H groups in total. The summed E-state index contributed by atoms with van der Waals surface area (Å²) in [5.74, 6) is -4.83. The fourth-order valence-corrected chi connectivity index (χ4v) is 2.19. The molecular weight excluding hydrogens is 349 g/mol. The van der Waals surface area contributed by atoms with Crippen molar-refractivity contribution in [3.8, 4) is 5.75 Å². The number of aryl methyl sites for hydroxylation is 1. The zero-order chi connectivity index (χ0) is 15.7. The first-order chi connectivity index (χ1) is 9.85. The van der Waals surface area contributed by atoms with Gasteiger partial charge in [0.05, 0.1) is 12.7 Å². The monoisotopic (exact) mass is 358 g/mol. The number of ether oxygens (including phenoxy) is 1. The van der Waals surface area contributed by atoms with Crippen LogP contribution in [0.4, 0.5) is 13.2 Å². The molecule has 0 aliphatic carbocycles. The number of carbonyl (C=O) groups is 1. The molecule has 0 saturated carbocycles. The average molecular weight is 359 g/mol. The van der Waals surface area contributed by atoms with Gasteiger partial charge in [-0.2, -0.15) is 0 Å². The Bertz CT molecular complexity index is 706. The van der Waals surface area contributed by atoms with E-state index in [4.69, 9.17) is 4.74 Å². The van der Waals surface area contributed by atoms with Gasteiger partial charge in [-0.3, -0.25) is 4.79 Å². The fourth-order valence-electron chi connectivity index (χ4n) is 1.84. The third-order valence-corrected chi connectivity index (χ3v) is 3.83. The molecule has 6 heteroatoms. The van der Waals surface area contributed by atoms with Crippen molar-refractivity contribution in [2.24, 2.45) is 0 Å². The van der Waals surface area contributed by atoms with E-state index in [2.05, 4.69) is 15.9 Å². The van der Waals surface area contributed by atoms with Crippen molar-refractivity contribution in [1.29, 1.82) is 0 Å². The van der Waals surface area contributed by atoms with Crippen molar-refractivity contribution < 1.29 is 22.7 Å². The van der Waals surface area contributed by atoms with Crippen LogP contribution < -0.4 is 4.74 Å². The Morgan fingerprint density at radius 3 is 2.19 bits per heavy atom. The number of carbonyl (C=O) groups excluding carboxylic acids is 1. The second-order valence-electron chi connectivity index (χ2n) is 4.38. The fraction of sp³-hybridized carbons (Fsp3) is 0.133. The lowest BCUT2D eigenvalue weighted by molar-refractivity contribution is 0.103. The van der Waals surface area contributed by atoms with Crippen LogP contribution in [0.1, 0.15) is 21.5 Å². The van der Waals surface area contributed by atoms with E-state index in [1.54, 1.807) is 13.0 Å². The molecule has 0 radical (unpaired) electrons. The van der Waals surface area contributed by atoms with Crippen LogP contribution in [0.25, 0.3) is 0 Å². The summed E-state index contributed by atoms with van der Waals surface area (Å²) in [6, 6.07) is 4.44. The molecule has 2 aromatic carbocycles. The normalized spacial score (nSPS) is 10.6. The summed E-state index contributed by atoms with van der Waals surface area (Å²) in [7, 11) is 1.38. The summed E-state index contributed by atoms with van der Waals surface area (Å²) in [6.45, 7) is 1.80. The lowest BCUT2D eigenvalue weighted by Gasteiger charge is -2.10. The smallest absolute Gasteiger partial charge is 0.197 e. The zero-order valence-corrected chi connectivity index (χ0v) is 12.7. The minimum Gasteiger partial charge on any atom is -0.496 e. The molecule has 0 atom stereocenters. The Labute approximate surface area is 127 Å². The molecule has 0 aromatic heterocycles. The van der Waals surface area contributed by atoms with Crippen molar-refractivity contribution in [2.75, 3.05) is 7.11 Å².